The molecule has 0 unspecified atom stereocenters. The Labute approximate surface area is 145 Å². The zero-order chi connectivity index (χ0) is 17.9. The van der Waals surface area contributed by atoms with Crippen LogP contribution in [0, 0.1) is 0 Å². The van der Waals surface area contributed by atoms with E-state index >= 15 is 0 Å². The highest BCUT2D eigenvalue weighted by Gasteiger charge is 2.30. The van der Waals surface area contributed by atoms with Gasteiger partial charge in [0, 0.05) is 19.0 Å². The fourth-order valence-corrected chi connectivity index (χ4v) is 2.79. The van der Waals surface area contributed by atoms with Crippen LogP contribution in [0.2, 0.25) is 0 Å². The van der Waals surface area contributed by atoms with Crippen molar-refractivity contribution in [3.05, 3.63) is 41.3 Å². The first-order chi connectivity index (χ1) is 12.0. The van der Waals surface area contributed by atoms with Crippen molar-refractivity contribution < 1.29 is 17.7 Å². The first-order valence-electron chi connectivity index (χ1n) is 8.72. The normalized spacial score (nSPS) is 15.2. The number of halogens is 3. The molecule has 0 bridgehead atoms. The largest absolute Gasteiger partial charge is 0.416 e. The van der Waals surface area contributed by atoms with Gasteiger partial charge in [0.2, 0.25) is 5.89 Å². The Morgan fingerprint density at radius 3 is 2.48 bits per heavy atom. The lowest BCUT2D eigenvalue weighted by atomic mass is 9.85. The summed E-state index contributed by atoms with van der Waals surface area (Å²) in [6.45, 7) is 3.29. The van der Waals surface area contributed by atoms with E-state index in [9.17, 15) is 13.2 Å². The lowest BCUT2D eigenvalue weighted by Gasteiger charge is -2.22. The molecule has 1 aromatic heterocycles. The van der Waals surface area contributed by atoms with E-state index in [-0.39, 0.29) is 0 Å². The Hall–Kier alpha value is -2.05. The molecule has 7 heteroatoms. The number of anilines is 1. The zero-order valence-electron chi connectivity index (χ0n) is 14.2. The summed E-state index contributed by atoms with van der Waals surface area (Å²) in [6.07, 6.45) is 0.995. The molecule has 0 atom stereocenters. The van der Waals surface area contributed by atoms with Gasteiger partial charge < -0.3 is 9.42 Å². The molecular formula is C18H22F3N3O. The van der Waals surface area contributed by atoms with E-state index in [0.29, 0.717) is 24.3 Å². The van der Waals surface area contributed by atoms with Crippen LogP contribution < -0.4 is 4.90 Å². The molecule has 3 rings (SSSR count). The molecule has 1 aliphatic carbocycles. The third-order valence-electron chi connectivity index (χ3n) is 4.60. The predicted octanol–water partition coefficient (Wildman–Crippen LogP) is 5.16. The van der Waals surface area contributed by atoms with E-state index in [4.69, 9.17) is 4.52 Å². The second kappa shape index (κ2) is 7.45. The molecule has 0 spiro atoms. The Balaban J connectivity index is 1.73. The van der Waals surface area contributed by atoms with Crippen molar-refractivity contribution in [3.63, 3.8) is 0 Å². The van der Waals surface area contributed by atoms with Gasteiger partial charge in [0.05, 0.1) is 5.56 Å². The average Bonchev–Trinajstić information content (AvgIpc) is 2.98. The summed E-state index contributed by atoms with van der Waals surface area (Å²) in [5.74, 6) is 1.56. The van der Waals surface area contributed by atoms with Crippen molar-refractivity contribution in [3.8, 4) is 0 Å². The second-order valence-corrected chi connectivity index (χ2v) is 6.53. The molecule has 4 nitrogen and oxygen atoms in total. The third kappa shape index (κ3) is 4.32. The second-order valence-electron chi connectivity index (χ2n) is 6.53. The van der Waals surface area contributed by atoms with Crippen LogP contribution in [0.4, 0.5) is 19.1 Å². The molecule has 1 fully saturated rings. The van der Waals surface area contributed by atoms with Gasteiger partial charge in [-0.25, -0.2) is 0 Å². The summed E-state index contributed by atoms with van der Waals surface area (Å²) in [5, 5.41) is 4.09. The van der Waals surface area contributed by atoms with E-state index in [1.165, 1.54) is 18.6 Å². The van der Waals surface area contributed by atoms with Gasteiger partial charge in [-0.2, -0.15) is 18.2 Å². The number of hydrogen-bond acceptors (Lipinski definition) is 4. The van der Waals surface area contributed by atoms with E-state index in [1.54, 1.807) is 0 Å². The molecule has 0 radical (unpaired) electrons. The number of unbranched alkanes of at least 4 members (excludes halogenated alkanes) is 1. The zero-order valence-corrected chi connectivity index (χ0v) is 14.2. The fourth-order valence-electron chi connectivity index (χ4n) is 2.79. The molecular weight excluding hydrogens is 331 g/mol. The van der Waals surface area contributed by atoms with Crippen molar-refractivity contribution in [1.82, 2.24) is 10.1 Å². The highest BCUT2D eigenvalue weighted by molar-refractivity contribution is 5.33. The van der Waals surface area contributed by atoms with Crippen LogP contribution in [-0.2, 0) is 12.7 Å². The molecule has 2 aromatic rings. The van der Waals surface area contributed by atoms with Crippen LogP contribution >= 0.6 is 0 Å². The molecule has 0 aliphatic heterocycles. The summed E-state index contributed by atoms with van der Waals surface area (Å²) in [5.41, 5.74) is 0.155. The smallest absolute Gasteiger partial charge is 0.337 e. The number of rotatable bonds is 7. The predicted molar refractivity (Wildman–Crippen MR) is 88.3 cm³/mol. The first kappa shape index (κ1) is 17.8. The van der Waals surface area contributed by atoms with Crippen LogP contribution in [0.5, 0.6) is 0 Å². The maximum Gasteiger partial charge on any atom is 0.416 e. The van der Waals surface area contributed by atoms with Gasteiger partial charge in [0.15, 0.2) is 0 Å². The van der Waals surface area contributed by atoms with Gasteiger partial charge >= 0.3 is 6.18 Å². The van der Waals surface area contributed by atoms with Gasteiger partial charge in [-0.3, -0.25) is 0 Å². The minimum Gasteiger partial charge on any atom is -0.337 e. The molecule has 0 saturated heterocycles. The number of aromatic nitrogens is 2. The van der Waals surface area contributed by atoms with Gasteiger partial charge in [-0.15, -0.1) is 0 Å². The summed E-state index contributed by atoms with van der Waals surface area (Å²) in [6, 6.07) is 5.25. The third-order valence-corrected chi connectivity index (χ3v) is 4.60. The number of benzene rings is 1. The van der Waals surface area contributed by atoms with Crippen molar-refractivity contribution in [2.45, 2.75) is 57.7 Å². The van der Waals surface area contributed by atoms with Crippen LogP contribution in [0.15, 0.2) is 28.8 Å². The van der Waals surface area contributed by atoms with Crippen molar-refractivity contribution in [2.75, 3.05) is 11.4 Å². The number of alkyl halides is 3. The van der Waals surface area contributed by atoms with E-state index in [2.05, 4.69) is 17.1 Å². The Bertz CT molecular complexity index is 678. The minimum atomic E-state index is -4.31. The molecule has 1 heterocycles. The molecule has 0 N–H and O–H groups in total. The Morgan fingerprint density at radius 2 is 1.92 bits per heavy atom. The Morgan fingerprint density at radius 1 is 1.20 bits per heavy atom. The molecule has 1 aromatic carbocycles. The highest BCUT2D eigenvalue weighted by Crippen LogP contribution is 2.36. The maximum absolute atomic E-state index is 12.7. The molecule has 1 aliphatic rings. The first-order valence-corrected chi connectivity index (χ1v) is 8.72. The van der Waals surface area contributed by atoms with Crippen LogP contribution in [-0.4, -0.2) is 16.7 Å². The van der Waals surface area contributed by atoms with Crippen LogP contribution in [0.3, 0.4) is 0 Å². The van der Waals surface area contributed by atoms with Gasteiger partial charge in [-0.1, -0.05) is 31.9 Å². The summed E-state index contributed by atoms with van der Waals surface area (Å²) in [7, 11) is 0. The maximum atomic E-state index is 12.7. The summed E-state index contributed by atoms with van der Waals surface area (Å²) < 4.78 is 43.4. The lowest BCUT2D eigenvalue weighted by molar-refractivity contribution is -0.137. The SMILES string of the molecule is CCCCN(Cc1ccc(C(F)(F)F)cc1)c1noc(C2CCC2)n1. The van der Waals surface area contributed by atoms with E-state index < -0.39 is 11.7 Å². The number of nitrogens with zero attached hydrogens (tertiary/aromatic N) is 3. The monoisotopic (exact) mass is 353 g/mol. The van der Waals surface area contributed by atoms with Gasteiger partial charge in [0.1, 0.15) is 0 Å². The quantitative estimate of drug-likeness (QED) is 0.689. The number of hydrogen-bond donors (Lipinski definition) is 0. The Kier molecular flexibility index (Phi) is 5.30. The molecule has 136 valence electrons. The fraction of sp³-hybridized carbons (Fsp3) is 0.556. The minimum absolute atomic E-state index is 0.361. The van der Waals surface area contributed by atoms with Crippen LogP contribution in [0.1, 0.15) is 62.0 Å². The summed E-state index contributed by atoms with van der Waals surface area (Å²) in [4.78, 5) is 6.48. The van der Waals surface area contributed by atoms with Crippen molar-refractivity contribution in [2.24, 2.45) is 0 Å². The topological polar surface area (TPSA) is 42.2 Å². The van der Waals surface area contributed by atoms with Gasteiger partial charge in [-0.05, 0) is 42.1 Å². The van der Waals surface area contributed by atoms with E-state index in [1.807, 2.05) is 4.90 Å². The molecule has 25 heavy (non-hydrogen) atoms. The van der Waals surface area contributed by atoms with Crippen LogP contribution in [0.25, 0.3) is 0 Å². The summed E-state index contributed by atoms with van der Waals surface area (Å²) >= 11 is 0. The lowest BCUT2D eigenvalue weighted by Crippen LogP contribution is -2.25. The van der Waals surface area contributed by atoms with Crippen molar-refractivity contribution in [1.29, 1.82) is 0 Å². The highest BCUT2D eigenvalue weighted by atomic mass is 19.4. The molecule has 0 amide bonds. The van der Waals surface area contributed by atoms with Gasteiger partial charge in [0.25, 0.3) is 5.95 Å². The molecule has 1 saturated carbocycles. The van der Waals surface area contributed by atoms with Crippen molar-refractivity contribution >= 4 is 5.95 Å². The average molecular weight is 353 g/mol. The van der Waals surface area contributed by atoms with E-state index in [0.717, 1.165) is 49.9 Å². The standard InChI is InChI=1S/C18H22F3N3O/c1-2-3-11-24(17-22-16(25-23-17)14-5-4-6-14)12-13-7-9-15(10-8-13)18(19,20)21/h7-10,14H,2-6,11-12H2,1H3.